The Morgan fingerprint density at radius 1 is 0.960 bits per heavy atom. The minimum atomic E-state index is -0.503. The van der Waals surface area contributed by atoms with Gasteiger partial charge in [-0.05, 0) is 75.6 Å². The lowest BCUT2D eigenvalue weighted by atomic mass is 9.88. The summed E-state index contributed by atoms with van der Waals surface area (Å²) >= 11 is 0. The zero-order valence-electron chi connectivity index (χ0n) is 30.0. The number of likely N-dealkylation sites (N-methyl/N-ethyl adjacent to an activating group) is 1. The van der Waals surface area contributed by atoms with Gasteiger partial charge in [-0.3, -0.25) is 9.59 Å². The molecule has 1 aliphatic heterocycles. The van der Waals surface area contributed by atoms with Gasteiger partial charge < -0.3 is 35.0 Å². The minimum absolute atomic E-state index is 0.0184. The first kappa shape index (κ1) is 37.1. The molecule has 50 heavy (non-hydrogen) atoms. The van der Waals surface area contributed by atoms with Gasteiger partial charge in [-0.2, -0.15) is 0 Å². The number of fused-ring (bicyclic) bond motifs is 2. The van der Waals surface area contributed by atoms with Gasteiger partial charge in [0.15, 0.2) is 0 Å². The van der Waals surface area contributed by atoms with Crippen molar-refractivity contribution >= 4 is 40.0 Å². The standard InChI is InChI=1S/C40H54N4O6/c1-27-24-44(28(2)26-45)39(47)34-23-32(41-38(46)31-15-6-5-7-16-31)20-21-36(34)50-29(3)13-10-11-22-49-37(27)25-43(4)40(48)42-35-19-12-17-30-14-8-9-18-33(30)35/h8-9,12,14,17-21,23,27-29,31,37,45H,5-7,10-11,13,15-16,22,24-26H2,1-4H3,(H,41,46)(H,42,48)/t27-,28-,29-,37+/m1/s1. The van der Waals surface area contributed by atoms with Crippen LogP contribution in [-0.4, -0.2) is 84.4 Å². The summed E-state index contributed by atoms with van der Waals surface area (Å²) < 4.78 is 12.8. The van der Waals surface area contributed by atoms with Crippen molar-refractivity contribution in [3.63, 3.8) is 0 Å². The van der Waals surface area contributed by atoms with Gasteiger partial charge in [-0.1, -0.05) is 62.6 Å². The Morgan fingerprint density at radius 3 is 2.48 bits per heavy atom. The van der Waals surface area contributed by atoms with E-state index in [0.29, 0.717) is 30.2 Å². The summed E-state index contributed by atoms with van der Waals surface area (Å²) in [7, 11) is 1.75. The lowest BCUT2D eigenvalue weighted by Gasteiger charge is -2.36. The summed E-state index contributed by atoms with van der Waals surface area (Å²) in [6.45, 7) is 6.66. The second-order valence-corrected chi connectivity index (χ2v) is 14.2. The zero-order chi connectivity index (χ0) is 35.6. The Morgan fingerprint density at radius 2 is 1.70 bits per heavy atom. The van der Waals surface area contributed by atoms with Crippen LogP contribution in [0.15, 0.2) is 60.7 Å². The molecule has 3 aromatic rings. The average Bonchev–Trinajstić information content (AvgIpc) is 3.13. The topological polar surface area (TPSA) is 120 Å². The molecule has 4 amide bonds. The number of hydrogen-bond donors (Lipinski definition) is 3. The Labute approximate surface area is 296 Å². The number of amides is 4. The van der Waals surface area contributed by atoms with E-state index in [-0.39, 0.29) is 55.0 Å². The summed E-state index contributed by atoms with van der Waals surface area (Å²) in [6, 6.07) is 18.3. The van der Waals surface area contributed by atoms with Crippen LogP contribution in [0.5, 0.6) is 5.75 Å². The predicted molar refractivity (Wildman–Crippen MR) is 198 cm³/mol. The first-order valence-electron chi connectivity index (χ1n) is 18.3. The monoisotopic (exact) mass is 686 g/mol. The summed E-state index contributed by atoms with van der Waals surface area (Å²) in [5, 5.41) is 18.4. The van der Waals surface area contributed by atoms with Crippen LogP contribution in [0.1, 0.15) is 82.5 Å². The third kappa shape index (κ3) is 9.54. The van der Waals surface area contributed by atoms with E-state index in [1.807, 2.05) is 63.2 Å². The molecule has 0 saturated heterocycles. The number of rotatable bonds is 7. The number of nitrogens with zero attached hydrogens (tertiary/aromatic N) is 2. The van der Waals surface area contributed by atoms with E-state index >= 15 is 0 Å². The van der Waals surface area contributed by atoms with Crippen molar-refractivity contribution in [3.8, 4) is 5.75 Å². The van der Waals surface area contributed by atoms with Crippen LogP contribution in [0.3, 0.4) is 0 Å². The van der Waals surface area contributed by atoms with E-state index in [4.69, 9.17) is 9.47 Å². The normalized spacial score (nSPS) is 21.7. The van der Waals surface area contributed by atoms with E-state index in [0.717, 1.165) is 67.8 Å². The smallest absolute Gasteiger partial charge is 0.321 e. The molecule has 0 aromatic heterocycles. The summed E-state index contributed by atoms with van der Waals surface area (Å²) in [5.74, 6) is -0.0838. The van der Waals surface area contributed by atoms with E-state index in [2.05, 4.69) is 10.6 Å². The molecule has 1 saturated carbocycles. The zero-order valence-corrected chi connectivity index (χ0v) is 30.0. The molecule has 1 heterocycles. The lowest BCUT2D eigenvalue weighted by Crippen LogP contribution is -2.48. The highest BCUT2D eigenvalue weighted by Gasteiger charge is 2.31. The molecule has 2 aliphatic rings. The number of carbonyl (C=O) groups excluding carboxylic acids is 3. The number of anilines is 2. The molecule has 270 valence electrons. The Hall–Kier alpha value is -4.15. The maximum absolute atomic E-state index is 14.5. The van der Waals surface area contributed by atoms with Crippen molar-refractivity contribution in [3.05, 3.63) is 66.2 Å². The SMILES string of the molecule is C[C@@H]1CCCCO[C@@H](CN(C)C(=O)Nc2cccc3ccccc23)[C@H](C)CN([C@H](C)CO)C(=O)c2cc(NC(=O)C3CCCCC3)ccc2O1. The van der Waals surface area contributed by atoms with E-state index in [9.17, 15) is 19.5 Å². The minimum Gasteiger partial charge on any atom is -0.490 e. The molecule has 3 N–H and O–H groups in total. The number of benzene rings is 3. The van der Waals surface area contributed by atoms with Crippen molar-refractivity contribution in [1.29, 1.82) is 0 Å². The predicted octanol–water partition coefficient (Wildman–Crippen LogP) is 7.32. The quantitative estimate of drug-likeness (QED) is 0.240. The molecule has 3 aromatic carbocycles. The van der Waals surface area contributed by atoms with E-state index < -0.39 is 6.04 Å². The van der Waals surface area contributed by atoms with Gasteiger partial charge in [0.05, 0.1) is 36.1 Å². The molecule has 0 spiro atoms. The molecule has 0 unspecified atom stereocenters. The third-order valence-electron chi connectivity index (χ3n) is 10.1. The van der Waals surface area contributed by atoms with Gasteiger partial charge in [0, 0.05) is 49.7 Å². The van der Waals surface area contributed by atoms with Crippen LogP contribution in [0, 0.1) is 11.8 Å². The van der Waals surface area contributed by atoms with Gasteiger partial charge in [-0.15, -0.1) is 0 Å². The summed E-state index contributed by atoms with van der Waals surface area (Å²) in [6.07, 6.45) is 6.92. The summed E-state index contributed by atoms with van der Waals surface area (Å²) in [5.41, 5.74) is 1.62. The van der Waals surface area contributed by atoms with Crippen molar-refractivity contribution in [2.24, 2.45) is 11.8 Å². The molecular weight excluding hydrogens is 632 g/mol. The second-order valence-electron chi connectivity index (χ2n) is 14.2. The average molecular weight is 687 g/mol. The van der Waals surface area contributed by atoms with Crippen LogP contribution >= 0.6 is 0 Å². The molecule has 1 aliphatic carbocycles. The maximum Gasteiger partial charge on any atom is 0.321 e. The molecule has 5 rings (SSSR count). The van der Waals surface area contributed by atoms with E-state index in [1.165, 1.54) is 0 Å². The number of aliphatic hydroxyl groups is 1. The molecule has 0 radical (unpaired) electrons. The first-order chi connectivity index (χ1) is 24.1. The van der Waals surface area contributed by atoms with E-state index in [1.54, 1.807) is 35.0 Å². The van der Waals surface area contributed by atoms with Crippen LogP contribution in [-0.2, 0) is 9.53 Å². The largest absolute Gasteiger partial charge is 0.490 e. The van der Waals surface area contributed by atoms with Crippen LogP contribution in [0.4, 0.5) is 16.2 Å². The Kier molecular flexibility index (Phi) is 13.1. The number of hydrogen-bond acceptors (Lipinski definition) is 6. The fourth-order valence-corrected chi connectivity index (χ4v) is 6.97. The van der Waals surface area contributed by atoms with Gasteiger partial charge in [0.1, 0.15) is 5.75 Å². The number of urea groups is 1. The molecule has 0 bridgehead atoms. The fraction of sp³-hybridized carbons (Fsp3) is 0.525. The van der Waals surface area contributed by atoms with Crippen molar-refractivity contribution in [2.45, 2.75) is 90.4 Å². The second kappa shape index (κ2) is 17.7. The third-order valence-corrected chi connectivity index (χ3v) is 10.1. The summed E-state index contributed by atoms with van der Waals surface area (Å²) in [4.78, 5) is 44.3. The maximum atomic E-state index is 14.5. The van der Waals surface area contributed by atoms with Gasteiger partial charge >= 0.3 is 6.03 Å². The van der Waals surface area contributed by atoms with Crippen molar-refractivity contribution in [2.75, 3.05) is 44.0 Å². The van der Waals surface area contributed by atoms with Crippen LogP contribution in [0.2, 0.25) is 0 Å². The van der Waals surface area contributed by atoms with Gasteiger partial charge in [0.25, 0.3) is 5.91 Å². The Balaban J connectivity index is 1.37. The molecule has 10 nitrogen and oxygen atoms in total. The van der Waals surface area contributed by atoms with Crippen LogP contribution < -0.4 is 15.4 Å². The number of nitrogens with one attached hydrogen (secondary N) is 2. The molecule has 10 heteroatoms. The van der Waals surface area contributed by atoms with Crippen molar-refractivity contribution < 1.29 is 29.0 Å². The number of ether oxygens (including phenoxy) is 2. The Bertz CT molecular complexity index is 1600. The highest BCUT2D eigenvalue weighted by atomic mass is 16.5. The number of carbonyl (C=O) groups is 3. The highest BCUT2D eigenvalue weighted by Crippen LogP contribution is 2.30. The van der Waals surface area contributed by atoms with Crippen molar-refractivity contribution in [1.82, 2.24) is 9.80 Å². The van der Waals surface area contributed by atoms with Gasteiger partial charge in [0.2, 0.25) is 5.91 Å². The number of aliphatic hydroxyl groups excluding tert-OH is 1. The molecule has 4 atom stereocenters. The highest BCUT2D eigenvalue weighted by molar-refractivity contribution is 6.02. The lowest BCUT2D eigenvalue weighted by molar-refractivity contribution is -0.120. The van der Waals surface area contributed by atoms with Gasteiger partial charge in [-0.25, -0.2) is 4.79 Å². The van der Waals surface area contributed by atoms with Crippen LogP contribution in [0.25, 0.3) is 10.8 Å². The fourth-order valence-electron chi connectivity index (χ4n) is 6.97. The molecule has 1 fully saturated rings. The first-order valence-corrected chi connectivity index (χ1v) is 18.3. The molecular formula is C40H54N4O6.